The number of hydrogen-bond acceptors (Lipinski definition) is 5. The van der Waals surface area contributed by atoms with Gasteiger partial charge in [-0.1, -0.05) is 5.21 Å². The average molecular weight is 266 g/mol. The second-order valence-corrected chi connectivity index (χ2v) is 5.17. The van der Waals surface area contributed by atoms with Crippen LogP contribution in [0.15, 0.2) is 6.20 Å². The van der Waals surface area contributed by atoms with Crippen LogP contribution in [-0.2, 0) is 6.54 Å². The van der Waals surface area contributed by atoms with Gasteiger partial charge in [-0.15, -0.1) is 5.10 Å². The van der Waals surface area contributed by atoms with Gasteiger partial charge in [0, 0.05) is 25.7 Å². The zero-order valence-electron chi connectivity index (χ0n) is 11.6. The molecule has 1 aromatic rings. The summed E-state index contributed by atoms with van der Waals surface area (Å²) >= 11 is 0. The number of nitrogens with zero attached hydrogens (tertiary/aromatic N) is 5. The van der Waals surface area contributed by atoms with Gasteiger partial charge in [-0.25, -0.2) is 0 Å². The summed E-state index contributed by atoms with van der Waals surface area (Å²) < 4.78 is 1.61. The van der Waals surface area contributed by atoms with Gasteiger partial charge in [0.1, 0.15) is 0 Å². The molecule has 2 N–H and O–H groups in total. The average Bonchev–Trinajstić information content (AvgIpc) is 2.87. The minimum atomic E-state index is -0.0326. The second kappa shape index (κ2) is 6.12. The fourth-order valence-corrected chi connectivity index (χ4v) is 2.36. The highest BCUT2D eigenvalue weighted by Gasteiger charge is 2.26. The van der Waals surface area contributed by atoms with E-state index in [2.05, 4.69) is 29.3 Å². The van der Waals surface area contributed by atoms with Crippen LogP contribution in [0.4, 0.5) is 0 Å². The third-order valence-electron chi connectivity index (χ3n) is 3.53. The molecule has 1 amide bonds. The summed E-state index contributed by atoms with van der Waals surface area (Å²) in [4.78, 5) is 16.4. The predicted molar refractivity (Wildman–Crippen MR) is 71.7 cm³/mol. The molecule has 1 saturated heterocycles. The van der Waals surface area contributed by atoms with E-state index >= 15 is 0 Å². The van der Waals surface area contributed by atoms with E-state index in [-0.39, 0.29) is 5.91 Å². The third-order valence-corrected chi connectivity index (χ3v) is 3.53. The Labute approximate surface area is 113 Å². The van der Waals surface area contributed by atoms with Crippen LogP contribution in [-0.4, -0.2) is 70.5 Å². The Morgan fingerprint density at radius 3 is 3.05 bits per heavy atom. The molecule has 0 saturated carbocycles. The molecule has 2 rings (SSSR count). The standard InChI is InChI=1S/C12H22N6O/c1-16(2)10-4-3-6-17(8-10)12(19)11-9-18(7-5-13)15-14-11/h9-10H,3-8,13H2,1-2H3. The van der Waals surface area contributed by atoms with Gasteiger partial charge in [0.05, 0.1) is 12.7 Å². The molecule has 0 bridgehead atoms. The Morgan fingerprint density at radius 1 is 1.58 bits per heavy atom. The number of likely N-dealkylation sites (tertiary alicyclic amines) is 1. The number of aromatic nitrogens is 3. The fourth-order valence-electron chi connectivity index (χ4n) is 2.36. The molecule has 1 fully saturated rings. The summed E-state index contributed by atoms with van der Waals surface area (Å²) in [6, 6.07) is 0.428. The zero-order valence-corrected chi connectivity index (χ0v) is 11.6. The highest BCUT2D eigenvalue weighted by molar-refractivity contribution is 5.92. The van der Waals surface area contributed by atoms with Crippen LogP contribution in [0, 0.1) is 0 Å². The zero-order chi connectivity index (χ0) is 13.8. The molecule has 1 aliphatic rings. The molecule has 7 heteroatoms. The predicted octanol–water partition coefficient (Wildman–Crippen LogP) is -0.597. The van der Waals surface area contributed by atoms with Gasteiger partial charge in [0.25, 0.3) is 5.91 Å². The van der Waals surface area contributed by atoms with E-state index in [1.807, 2.05) is 4.90 Å². The summed E-state index contributed by atoms with van der Waals surface area (Å²) in [5.41, 5.74) is 5.86. The van der Waals surface area contributed by atoms with Gasteiger partial charge in [-0.2, -0.15) is 0 Å². The Morgan fingerprint density at radius 2 is 2.37 bits per heavy atom. The molecule has 1 unspecified atom stereocenters. The normalized spacial score (nSPS) is 20.0. The number of hydrogen-bond donors (Lipinski definition) is 1. The van der Waals surface area contributed by atoms with Gasteiger partial charge in [-0.3, -0.25) is 9.48 Å². The highest BCUT2D eigenvalue weighted by Crippen LogP contribution is 2.15. The molecule has 2 heterocycles. The number of carbonyl (C=O) groups is 1. The van der Waals surface area contributed by atoms with Gasteiger partial charge in [0.2, 0.25) is 0 Å². The Kier molecular flexibility index (Phi) is 4.49. The molecule has 0 aromatic carbocycles. The lowest BCUT2D eigenvalue weighted by molar-refractivity contribution is 0.0629. The van der Waals surface area contributed by atoms with Crippen LogP contribution < -0.4 is 5.73 Å². The Hall–Kier alpha value is -1.47. The van der Waals surface area contributed by atoms with Crippen LogP contribution in [0.3, 0.4) is 0 Å². The van der Waals surface area contributed by atoms with Crippen molar-refractivity contribution >= 4 is 5.91 Å². The van der Waals surface area contributed by atoms with Crippen molar-refractivity contribution in [3.05, 3.63) is 11.9 Å². The largest absolute Gasteiger partial charge is 0.336 e. The number of carbonyl (C=O) groups excluding carboxylic acids is 1. The van der Waals surface area contributed by atoms with E-state index in [0.29, 0.717) is 24.8 Å². The van der Waals surface area contributed by atoms with E-state index in [4.69, 9.17) is 5.73 Å². The number of rotatable bonds is 4. The van der Waals surface area contributed by atoms with Gasteiger partial charge in [0.15, 0.2) is 5.69 Å². The summed E-state index contributed by atoms with van der Waals surface area (Å²) in [6.45, 7) is 2.63. The van der Waals surface area contributed by atoms with E-state index in [0.717, 1.165) is 25.9 Å². The lowest BCUT2D eigenvalue weighted by Gasteiger charge is -2.35. The Bertz CT molecular complexity index is 430. The van der Waals surface area contributed by atoms with Gasteiger partial charge < -0.3 is 15.5 Å². The molecule has 1 atom stereocenters. The SMILES string of the molecule is CN(C)C1CCCN(C(=O)c2cn(CCN)nn2)C1. The maximum atomic E-state index is 12.3. The summed E-state index contributed by atoms with van der Waals surface area (Å²) in [6.07, 6.45) is 3.84. The third kappa shape index (κ3) is 3.30. The van der Waals surface area contributed by atoms with Crippen LogP contribution in [0.5, 0.6) is 0 Å². The maximum absolute atomic E-state index is 12.3. The molecule has 19 heavy (non-hydrogen) atoms. The van der Waals surface area contributed by atoms with Crippen molar-refractivity contribution < 1.29 is 4.79 Å². The van der Waals surface area contributed by atoms with Crippen molar-refractivity contribution in [3.63, 3.8) is 0 Å². The second-order valence-electron chi connectivity index (χ2n) is 5.17. The van der Waals surface area contributed by atoms with Crippen LogP contribution in [0.1, 0.15) is 23.3 Å². The molecule has 0 aliphatic carbocycles. The molecule has 0 spiro atoms. The first-order valence-electron chi connectivity index (χ1n) is 6.67. The van der Waals surface area contributed by atoms with Crippen molar-refractivity contribution in [1.29, 1.82) is 0 Å². The molecular formula is C12H22N6O. The number of piperidine rings is 1. The number of nitrogens with two attached hydrogens (primary N) is 1. The first kappa shape index (κ1) is 14.0. The first-order valence-corrected chi connectivity index (χ1v) is 6.67. The van der Waals surface area contributed by atoms with Crippen LogP contribution in [0.25, 0.3) is 0 Å². The molecule has 1 aliphatic heterocycles. The maximum Gasteiger partial charge on any atom is 0.276 e. The molecule has 106 valence electrons. The van der Waals surface area contributed by atoms with Crippen molar-refractivity contribution in [2.45, 2.75) is 25.4 Å². The smallest absolute Gasteiger partial charge is 0.276 e. The van der Waals surface area contributed by atoms with Crippen LogP contribution in [0.2, 0.25) is 0 Å². The first-order chi connectivity index (χ1) is 9.11. The quantitative estimate of drug-likeness (QED) is 0.787. The van der Waals surface area contributed by atoms with E-state index in [1.165, 1.54) is 0 Å². The molecule has 7 nitrogen and oxygen atoms in total. The monoisotopic (exact) mass is 266 g/mol. The van der Waals surface area contributed by atoms with Gasteiger partial charge in [-0.05, 0) is 26.9 Å². The van der Waals surface area contributed by atoms with Crippen molar-refractivity contribution in [2.75, 3.05) is 33.7 Å². The van der Waals surface area contributed by atoms with E-state index in [9.17, 15) is 4.79 Å². The van der Waals surface area contributed by atoms with Crippen molar-refractivity contribution in [1.82, 2.24) is 24.8 Å². The Balaban J connectivity index is 2.01. The summed E-state index contributed by atoms with van der Waals surface area (Å²) in [5, 5.41) is 7.84. The molecule has 1 aromatic heterocycles. The van der Waals surface area contributed by atoms with E-state index < -0.39 is 0 Å². The van der Waals surface area contributed by atoms with Crippen molar-refractivity contribution in [2.24, 2.45) is 5.73 Å². The number of amides is 1. The summed E-state index contributed by atoms with van der Waals surface area (Å²) in [5.74, 6) is -0.0326. The lowest BCUT2D eigenvalue weighted by atomic mass is 10.0. The van der Waals surface area contributed by atoms with Crippen LogP contribution >= 0.6 is 0 Å². The van der Waals surface area contributed by atoms with Crippen molar-refractivity contribution in [3.8, 4) is 0 Å². The topological polar surface area (TPSA) is 80.3 Å². The fraction of sp³-hybridized carbons (Fsp3) is 0.750. The lowest BCUT2D eigenvalue weighted by Crippen LogP contribution is -2.47. The van der Waals surface area contributed by atoms with E-state index in [1.54, 1.807) is 10.9 Å². The number of likely N-dealkylation sites (N-methyl/N-ethyl adjacent to an activating group) is 1. The molecular weight excluding hydrogens is 244 g/mol. The minimum Gasteiger partial charge on any atom is -0.336 e. The highest BCUT2D eigenvalue weighted by atomic mass is 16.2. The molecule has 0 radical (unpaired) electrons. The van der Waals surface area contributed by atoms with Gasteiger partial charge >= 0.3 is 0 Å². The summed E-state index contributed by atoms with van der Waals surface area (Å²) in [7, 11) is 4.10. The minimum absolute atomic E-state index is 0.0326.